The number of halogens is 2. The summed E-state index contributed by atoms with van der Waals surface area (Å²) in [6.07, 6.45) is 0. The minimum absolute atomic E-state index is 0.0773. The third kappa shape index (κ3) is 5.02. The van der Waals surface area contributed by atoms with Gasteiger partial charge in [-0.3, -0.25) is 4.79 Å². The van der Waals surface area contributed by atoms with Crippen LogP contribution < -0.4 is 10.2 Å². The molecule has 0 radical (unpaired) electrons. The molecule has 0 aliphatic rings. The van der Waals surface area contributed by atoms with Crippen LogP contribution in [-0.4, -0.2) is 31.6 Å². The summed E-state index contributed by atoms with van der Waals surface area (Å²) in [6.45, 7) is 5.25. The maximum Gasteiger partial charge on any atom is 0.338 e. The number of nitrogens with one attached hydrogen (secondary N) is 1. The Morgan fingerprint density at radius 2 is 1.65 bits per heavy atom. The lowest BCUT2D eigenvalue weighted by Crippen LogP contribution is -2.22. The van der Waals surface area contributed by atoms with E-state index in [1.807, 2.05) is 26.0 Å². The molecule has 0 atom stereocenters. The zero-order valence-electron chi connectivity index (χ0n) is 14.6. The van der Waals surface area contributed by atoms with Crippen LogP contribution in [0.3, 0.4) is 0 Å². The Labute approximate surface area is 150 Å². The zero-order chi connectivity index (χ0) is 19.1. The van der Waals surface area contributed by atoms with Crippen LogP contribution in [0.5, 0.6) is 0 Å². The van der Waals surface area contributed by atoms with E-state index in [0.717, 1.165) is 30.9 Å². The predicted molar refractivity (Wildman–Crippen MR) is 95.3 cm³/mol. The number of nitrogens with zero attached hydrogens (tertiary/aromatic N) is 1. The number of amides is 1. The fourth-order valence-electron chi connectivity index (χ4n) is 2.38. The van der Waals surface area contributed by atoms with E-state index >= 15 is 0 Å². The molecule has 0 aromatic heterocycles. The minimum Gasteiger partial charge on any atom is -0.452 e. The van der Waals surface area contributed by atoms with Crippen molar-refractivity contribution >= 4 is 23.3 Å². The molecule has 0 fully saturated rings. The summed E-state index contributed by atoms with van der Waals surface area (Å²) < 4.78 is 30.9. The highest BCUT2D eigenvalue weighted by Crippen LogP contribution is 2.16. The van der Waals surface area contributed by atoms with Gasteiger partial charge in [-0.1, -0.05) is 0 Å². The van der Waals surface area contributed by atoms with Crippen molar-refractivity contribution in [2.75, 3.05) is 29.9 Å². The Morgan fingerprint density at radius 1 is 1.00 bits per heavy atom. The van der Waals surface area contributed by atoms with Crippen molar-refractivity contribution in [3.8, 4) is 0 Å². The van der Waals surface area contributed by atoms with E-state index in [1.54, 1.807) is 12.1 Å². The fraction of sp³-hybridized carbons (Fsp3) is 0.263. The lowest BCUT2D eigenvalue weighted by molar-refractivity contribution is -0.119. The molecule has 0 spiro atoms. The SMILES string of the molecule is CCN(CC)c1ccc(C(=O)OCC(=O)Nc2ccc(F)c(F)c2)cc1. The van der Waals surface area contributed by atoms with Crippen LogP contribution in [0.4, 0.5) is 20.2 Å². The Bertz CT molecular complexity index is 775. The van der Waals surface area contributed by atoms with E-state index in [0.29, 0.717) is 5.56 Å². The smallest absolute Gasteiger partial charge is 0.338 e. The average Bonchev–Trinajstić information content (AvgIpc) is 2.64. The molecule has 0 aliphatic carbocycles. The van der Waals surface area contributed by atoms with Gasteiger partial charge in [0.2, 0.25) is 0 Å². The molecular weight excluding hydrogens is 342 g/mol. The number of hydrogen-bond donors (Lipinski definition) is 1. The Morgan fingerprint density at radius 3 is 2.23 bits per heavy atom. The van der Waals surface area contributed by atoms with Gasteiger partial charge in [0.15, 0.2) is 18.2 Å². The van der Waals surface area contributed by atoms with E-state index in [9.17, 15) is 18.4 Å². The number of hydrogen-bond acceptors (Lipinski definition) is 4. The van der Waals surface area contributed by atoms with Crippen LogP contribution >= 0.6 is 0 Å². The molecule has 2 rings (SSSR count). The summed E-state index contributed by atoms with van der Waals surface area (Å²) in [4.78, 5) is 25.9. The highest BCUT2D eigenvalue weighted by atomic mass is 19.2. The largest absolute Gasteiger partial charge is 0.452 e. The molecule has 138 valence electrons. The van der Waals surface area contributed by atoms with Gasteiger partial charge in [0.25, 0.3) is 5.91 Å². The Balaban J connectivity index is 1.89. The van der Waals surface area contributed by atoms with Crippen molar-refractivity contribution in [2.45, 2.75) is 13.8 Å². The molecule has 0 unspecified atom stereocenters. The third-order valence-electron chi connectivity index (χ3n) is 3.77. The van der Waals surface area contributed by atoms with Gasteiger partial charge < -0.3 is 15.0 Å². The number of rotatable bonds is 7. The van der Waals surface area contributed by atoms with Gasteiger partial charge in [0, 0.05) is 30.5 Å². The average molecular weight is 362 g/mol. The van der Waals surface area contributed by atoms with Crippen LogP contribution in [0.2, 0.25) is 0 Å². The molecular formula is C19H20F2N2O3. The molecule has 26 heavy (non-hydrogen) atoms. The normalized spacial score (nSPS) is 10.3. The number of benzene rings is 2. The maximum absolute atomic E-state index is 13.1. The molecule has 5 nitrogen and oxygen atoms in total. The molecule has 0 aliphatic heterocycles. The van der Waals surface area contributed by atoms with Gasteiger partial charge in [-0.15, -0.1) is 0 Å². The topological polar surface area (TPSA) is 58.6 Å². The summed E-state index contributed by atoms with van der Waals surface area (Å²) in [7, 11) is 0. The monoisotopic (exact) mass is 362 g/mol. The van der Waals surface area contributed by atoms with Gasteiger partial charge in [0.1, 0.15) is 0 Å². The predicted octanol–water partition coefficient (Wildman–Crippen LogP) is 3.61. The van der Waals surface area contributed by atoms with E-state index in [4.69, 9.17) is 4.74 Å². The van der Waals surface area contributed by atoms with Crippen molar-refractivity contribution in [1.29, 1.82) is 0 Å². The fourth-order valence-corrected chi connectivity index (χ4v) is 2.38. The van der Waals surface area contributed by atoms with Crippen molar-refractivity contribution in [3.05, 3.63) is 59.7 Å². The van der Waals surface area contributed by atoms with Crippen LogP contribution in [0.15, 0.2) is 42.5 Å². The number of carbonyl (C=O) groups excluding carboxylic acids is 2. The second-order valence-corrected chi connectivity index (χ2v) is 5.47. The van der Waals surface area contributed by atoms with E-state index in [-0.39, 0.29) is 5.69 Å². The van der Waals surface area contributed by atoms with Crippen molar-refractivity contribution in [2.24, 2.45) is 0 Å². The highest BCUT2D eigenvalue weighted by Gasteiger charge is 2.12. The summed E-state index contributed by atoms with van der Waals surface area (Å²) in [5.41, 5.74) is 1.39. The van der Waals surface area contributed by atoms with E-state index < -0.39 is 30.1 Å². The third-order valence-corrected chi connectivity index (χ3v) is 3.77. The molecule has 1 N–H and O–H groups in total. The van der Waals surface area contributed by atoms with Crippen molar-refractivity contribution in [3.63, 3.8) is 0 Å². The van der Waals surface area contributed by atoms with Crippen LogP contribution in [0.25, 0.3) is 0 Å². The van der Waals surface area contributed by atoms with Crippen LogP contribution in [-0.2, 0) is 9.53 Å². The first kappa shape index (κ1) is 19.4. The Kier molecular flexibility index (Phi) is 6.66. The molecule has 7 heteroatoms. The summed E-state index contributed by atoms with van der Waals surface area (Å²) >= 11 is 0. The summed E-state index contributed by atoms with van der Waals surface area (Å²) in [6, 6.07) is 9.84. The number of carbonyl (C=O) groups is 2. The lowest BCUT2D eigenvalue weighted by Gasteiger charge is -2.20. The minimum atomic E-state index is -1.08. The second kappa shape index (κ2) is 8.94. The molecule has 2 aromatic carbocycles. The first-order chi connectivity index (χ1) is 12.4. The summed E-state index contributed by atoms with van der Waals surface area (Å²) in [5.74, 6) is -3.38. The number of ether oxygens (including phenoxy) is 1. The first-order valence-electron chi connectivity index (χ1n) is 8.21. The standard InChI is InChI=1S/C19H20F2N2O3/c1-3-23(4-2)15-8-5-13(6-9-15)19(25)26-12-18(24)22-14-7-10-16(20)17(21)11-14/h5-11H,3-4,12H2,1-2H3,(H,22,24). The van der Waals surface area contributed by atoms with E-state index in [2.05, 4.69) is 10.2 Å². The van der Waals surface area contributed by atoms with Crippen molar-refractivity contribution in [1.82, 2.24) is 0 Å². The first-order valence-corrected chi connectivity index (χ1v) is 8.21. The van der Waals surface area contributed by atoms with Crippen LogP contribution in [0, 0.1) is 11.6 Å². The van der Waals surface area contributed by atoms with Gasteiger partial charge in [0.05, 0.1) is 5.56 Å². The molecule has 0 saturated carbocycles. The second-order valence-electron chi connectivity index (χ2n) is 5.47. The van der Waals surface area contributed by atoms with Gasteiger partial charge in [-0.2, -0.15) is 0 Å². The molecule has 1 amide bonds. The van der Waals surface area contributed by atoms with Crippen LogP contribution in [0.1, 0.15) is 24.2 Å². The van der Waals surface area contributed by atoms with Gasteiger partial charge in [-0.25, -0.2) is 13.6 Å². The van der Waals surface area contributed by atoms with E-state index in [1.165, 1.54) is 6.07 Å². The lowest BCUT2D eigenvalue weighted by atomic mass is 10.2. The van der Waals surface area contributed by atoms with Gasteiger partial charge >= 0.3 is 5.97 Å². The number of esters is 1. The number of anilines is 2. The maximum atomic E-state index is 13.1. The van der Waals surface area contributed by atoms with Crippen molar-refractivity contribution < 1.29 is 23.1 Å². The molecule has 0 heterocycles. The quantitative estimate of drug-likeness (QED) is 0.765. The van der Waals surface area contributed by atoms with Gasteiger partial charge in [-0.05, 0) is 50.2 Å². The summed E-state index contributed by atoms with van der Waals surface area (Å²) in [5, 5.41) is 2.33. The highest BCUT2D eigenvalue weighted by molar-refractivity contribution is 5.95. The Hall–Kier alpha value is -2.96. The molecule has 2 aromatic rings. The molecule has 0 saturated heterocycles. The zero-order valence-corrected chi connectivity index (χ0v) is 14.6. The molecule has 0 bridgehead atoms.